The van der Waals surface area contributed by atoms with Crippen molar-refractivity contribution >= 4 is 23.6 Å². The van der Waals surface area contributed by atoms with E-state index in [0.717, 1.165) is 24.3 Å². The van der Waals surface area contributed by atoms with E-state index in [1.54, 1.807) is 4.90 Å². The third-order valence-electron chi connectivity index (χ3n) is 3.89. The number of carbonyl (C=O) groups is 2. The zero-order chi connectivity index (χ0) is 15.9. The maximum atomic E-state index is 12.0. The Morgan fingerprint density at radius 1 is 1.32 bits per heavy atom. The van der Waals surface area contributed by atoms with Crippen molar-refractivity contribution < 1.29 is 14.7 Å². The summed E-state index contributed by atoms with van der Waals surface area (Å²) in [5.74, 6) is -1.26. The summed E-state index contributed by atoms with van der Waals surface area (Å²) >= 11 is 5.83. The maximum Gasteiger partial charge on any atom is 0.317 e. The molecule has 1 aromatic carbocycles. The lowest BCUT2D eigenvalue weighted by atomic mass is 9.99. The lowest BCUT2D eigenvalue weighted by Crippen LogP contribution is -2.47. The van der Waals surface area contributed by atoms with E-state index in [2.05, 4.69) is 5.32 Å². The summed E-state index contributed by atoms with van der Waals surface area (Å²) in [6.07, 6.45) is 3.10. The summed E-state index contributed by atoms with van der Waals surface area (Å²) in [4.78, 5) is 24.6. The molecule has 1 saturated heterocycles. The van der Waals surface area contributed by atoms with Gasteiger partial charge in [-0.15, -0.1) is 0 Å². The molecule has 1 heterocycles. The normalized spacial score (nSPS) is 18.0. The van der Waals surface area contributed by atoms with Gasteiger partial charge in [-0.2, -0.15) is 0 Å². The van der Waals surface area contributed by atoms with Gasteiger partial charge >= 0.3 is 12.0 Å². The van der Waals surface area contributed by atoms with Crippen LogP contribution in [0.4, 0.5) is 4.79 Å². The molecule has 0 aromatic heterocycles. The molecule has 120 valence electrons. The molecule has 0 radical (unpaired) electrons. The van der Waals surface area contributed by atoms with Crippen LogP contribution in [0.15, 0.2) is 24.3 Å². The van der Waals surface area contributed by atoms with E-state index in [0.29, 0.717) is 26.1 Å². The third kappa shape index (κ3) is 4.91. The molecule has 1 aliphatic rings. The molecule has 0 aliphatic carbocycles. The van der Waals surface area contributed by atoms with Crippen molar-refractivity contribution in [1.82, 2.24) is 10.2 Å². The second-order valence-corrected chi connectivity index (χ2v) is 6.02. The average Bonchev–Trinajstić information content (AvgIpc) is 2.53. The number of carboxylic acids is 1. The molecule has 2 amide bonds. The highest BCUT2D eigenvalue weighted by Gasteiger charge is 2.27. The minimum absolute atomic E-state index is 0.165. The van der Waals surface area contributed by atoms with Crippen molar-refractivity contribution in [3.8, 4) is 0 Å². The van der Waals surface area contributed by atoms with E-state index in [1.807, 2.05) is 24.3 Å². The van der Waals surface area contributed by atoms with E-state index >= 15 is 0 Å². The van der Waals surface area contributed by atoms with Gasteiger partial charge in [0.05, 0.1) is 5.92 Å². The molecule has 5 nitrogen and oxygen atoms in total. The lowest BCUT2D eigenvalue weighted by molar-refractivity contribution is -0.143. The number of carbonyl (C=O) groups excluding carboxylic acids is 1. The van der Waals surface area contributed by atoms with Crippen LogP contribution in [0.3, 0.4) is 0 Å². The van der Waals surface area contributed by atoms with Gasteiger partial charge in [0, 0.05) is 24.7 Å². The van der Waals surface area contributed by atoms with Crippen LogP contribution < -0.4 is 5.32 Å². The Morgan fingerprint density at radius 3 is 2.73 bits per heavy atom. The molecule has 2 rings (SSSR count). The molecule has 1 atom stereocenters. The second kappa shape index (κ2) is 8.03. The molecule has 0 spiro atoms. The van der Waals surface area contributed by atoms with Gasteiger partial charge in [0.2, 0.25) is 0 Å². The fourth-order valence-corrected chi connectivity index (χ4v) is 2.74. The van der Waals surface area contributed by atoms with Gasteiger partial charge in [0.15, 0.2) is 0 Å². The number of hydrogen-bond donors (Lipinski definition) is 2. The number of benzene rings is 1. The number of carboxylic acid groups (broad SMARTS) is 1. The highest BCUT2D eigenvalue weighted by Crippen LogP contribution is 2.16. The molecule has 1 aliphatic heterocycles. The monoisotopic (exact) mass is 324 g/mol. The first kappa shape index (κ1) is 16.6. The number of nitrogens with one attached hydrogen (secondary N) is 1. The summed E-state index contributed by atoms with van der Waals surface area (Å²) in [6.45, 7) is 1.51. The number of piperidine rings is 1. The number of aliphatic carboxylic acids is 1. The van der Waals surface area contributed by atoms with Gasteiger partial charge in [0.1, 0.15) is 0 Å². The van der Waals surface area contributed by atoms with Crippen LogP contribution in [-0.2, 0) is 11.2 Å². The van der Waals surface area contributed by atoms with Gasteiger partial charge < -0.3 is 15.3 Å². The minimum atomic E-state index is -0.819. The lowest BCUT2D eigenvalue weighted by Gasteiger charge is -2.30. The fourth-order valence-electron chi connectivity index (χ4n) is 2.61. The number of aryl methyl sites for hydroxylation is 1. The van der Waals surface area contributed by atoms with Gasteiger partial charge in [-0.25, -0.2) is 4.79 Å². The third-order valence-corrected chi connectivity index (χ3v) is 4.14. The van der Waals surface area contributed by atoms with E-state index in [-0.39, 0.29) is 6.03 Å². The molecular weight excluding hydrogens is 304 g/mol. The van der Waals surface area contributed by atoms with Crippen molar-refractivity contribution in [3.05, 3.63) is 34.9 Å². The highest BCUT2D eigenvalue weighted by molar-refractivity contribution is 6.30. The Morgan fingerprint density at radius 2 is 2.05 bits per heavy atom. The van der Waals surface area contributed by atoms with Crippen molar-refractivity contribution in [2.45, 2.75) is 25.7 Å². The van der Waals surface area contributed by atoms with E-state index < -0.39 is 11.9 Å². The fraction of sp³-hybridized carbons (Fsp3) is 0.500. The SMILES string of the molecule is O=C(O)C1CCCN(C(=O)NCCCc2ccc(Cl)cc2)C1. The molecule has 6 heteroatoms. The summed E-state index contributed by atoms with van der Waals surface area (Å²) < 4.78 is 0. The maximum absolute atomic E-state index is 12.0. The number of amides is 2. The first-order valence-electron chi connectivity index (χ1n) is 7.56. The number of likely N-dealkylation sites (tertiary alicyclic amines) is 1. The molecule has 2 N–H and O–H groups in total. The van der Waals surface area contributed by atoms with Crippen LogP contribution in [0.2, 0.25) is 5.02 Å². The highest BCUT2D eigenvalue weighted by atomic mass is 35.5. The number of hydrogen-bond acceptors (Lipinski definition) is 2. The Balaban J connectivity index is 1.69. The van der Waals surface area contributed by atoms with Crippen LogP contribution in [0.5, 0.6) is 0 Å². The van der Waals surface area contributed by atoms with Crippen molar-refractivity contribution in [3.63, 3.8) is 0 Å². The summed E-state index contributed by atoms with van der Waals surface area (Å²) in [7, 11) is 0. The van der Waals surface area contributed by atoms with Gasteiger partial charge in [-0.1, -0.05) is 23.7 Å². The number of rotatable bonds is 5. The summed E-state index contributed by atoms with van der Waals surface area (Å²) in [5.41, 5.74) is 1.18. The molecule has 0 bridgehead atoms. The van der Waals surface area contributed by atoms with Gasteiger partial charge in [-0.3, -0.25) is 4.79 Å². The van der Waals surface area contributed by atoms with Crippen LogP contribution in [0.1, 0.15) is 24.8 Å². The molecular formula is C16H21ClN2O3. The first-order chi connectivity index (χ1) is 10.6. The number of urea groups is 1. The van der Waals surface area contributed by atoms with Crippen LogP contribution in [0, 0.1) is 5.92 Å². The smallest absolute Gasteiger partial charge is 0.317 e. The zero-order valence-electron chi connectivity index (χ0n) is 12.4. The van der Waals surface area contributed by atoms with Crippen LogP contribution >= 0.6 is 11.6 Å². The molecule has 1 fully saturated rings. The van der Waals surface area contributed by atoms with E-state index in [4.69, 9.17) is 16.7 Å². The minimum Gasteiger partial charge on any atom is -0.481 e. The predicted molar refractivity (Wildman–Crippen MR) is 85.1 cm³/mol. The topological polar surface area (TPSA) is 69.6 Å². The molecule has 22 heavy (non-hydrogen) atoms. The van der Waals surface area contributed by atoms with Crippen LogP contribution in [0.25, 0.3) is 0 Å². The summed E-state index contributed by atoms with van der Waals surface area (Å²) in [6, 6.07) is 7.50. The van der Waals surface area contributed by atoms with E-state index in [1.165, 1.54) is 5.56 Å². The Bertz CT molecular complexity index is 519. The number of halogens is 1. The Hall–Kier alpha value is -1.75. The largest absolute Gasteiger partial charge is 0.481 e. The number of nitrogens with zero attached hydrogens (tertiary/aromatic N) is 1. The average molecular weight is 325 g/mol. The predicted octanol–water partition coefficient (Wildman–Crippen LogP) is 2.78. The molecule has 1 unspecified atom stereocenters. The second-order valence-electron chi connectivity index (χ2n) is 5.59. The van der Waals surface area contributed by atoms with E-state index in [9.17, 15) is 9.59 Å². The van der Waals surface area contributed by atoms with Crippen molar-refractivity contribution in [2.24, 2.45) is 5.92 Å². The summed E-state index contributed by atoms with van der Waals surface area (Å²) in [5, 5.41) is 12.6. The quantitative estimate of drug-likeness (QED) is 0.818. The standard InChI is InChI=1S/C16H21ClN2O3/c17-14-7-5-12(6-8-14)3-1-9-18-16(22)19-10-2-4-13(11-19)15(20)21/h5-8,13H,1-4,9-11H2,(H,18,22)(H,20,21). The Labute approximate surface area is 135 Å². The van der Waals surface area contributed by atoms with Gasteiger partial charge in [0.25, 0.3) is 0 Å². The zero-order valence-corrected chi connectivity index (χ0v) is 13.2. The molecule has 1 aromatic rings. The van der Waals surface area contributed by atoms with Gasteiger partial charge in [-0.05, 0) is 43.4 Å². The first-order valence-corrected chi connectivity index (χ1v) is 7.94. The van der Waals surface area contributed by atoms with Crippen molar-refractivity contribution in [1.29, 1.82) is 0 Å². The molecule has 0 saturated carbocycles. The van der Waals surface area contributed by atoms with Crippen molar-refractivity contribution in [2.75, 3.05) is 19.6 Å². The Kier molecular flexibility index (Phi) is 6.07. The van der Waals surface area contributed by atoms with Crippen LogP contribution in [-0.4, -0.2) is 41.6 Å².